The number of fused-ring (bicyclic) bond motifs is 1. The number of carbonyl (C=O) groups is 1. The van der Waals surface area contributed by atoms with Gasteiger partial charge in [-0.3, -0.25) is 4.79 Å². The zero-order valence-electron chi connectivity index (χ0n) is 13.4. The highest BCUT2D eigenvalue weighted by atomic mass is 16.3. The van der Waals surface area contributed by atoms with Crippen molar-refractivity contribution in [2.75, 3.05) is 0 Å². The molecule has 116 valence electrons. The van der Waals surface area contributed by atoms with Gasteiger partial charge in [-0.1, -0.05) is 51.8 Å². The molecule has 1 unspecified atom stereocenters. The summed E-state index contributed by atoms with van der Waals surface area (Å²) in [7, 11) is 0. The van der Waals surface area contributed by atoms with Crippen LogP contribution < -0.4 is 0 Å². The highest BCUT2D eigenvalue weighted by Crippen LogP contribution is 2.28. The third-order valence-corrected chi connectivity index (χ3v) is 4.10. The first-order valence-corrected chi connectivity index (χ1v) is 8.08. The Hall–Kier alpha value is -1.35. The Morgan fingerprint density at radius 2 is 2.00 bits per heavy atom. The van der Waals surface area contributed by atoms with Crippen LogP contribution in [0.5, 0.6) is 0 Å². The Balaban J connectivity index is 2.03. The van der Waals surface area contributed by atoms with Crippen LogP contribution in [0.4, 0.5) is 0 Å². The van der Waals surface area contributed by atoms with E-state index in [1.165, 1.54) is 11.1 Å². The van der Waals surface area contributed by atoms with Crippen LogP contribution in [0, 0.1) is 5.92 Å². The van der Waals surface area contributed by atoms with Crippen molar-refractivity contribution in [1.82, 2.24) is 4.90 Å². The van der Waals surface area contributed by atoms with Crippen molar-refractivity contribution in [2.45, 2.75) is 65.6 Å². The van der Waals surface area contributed by atoms with Gasteiger partial charge < -0.3 is 10.0 Å². The van der Waals surface area contributed by atoms with Gasteiger partial charge in [0.2, 0.25) is 5.91 Å². The normalized spacial score (nSPS) is 15.4. The van der Waals surface area contributed by atoms with Crippen molar-refractivity contribution in [3.63, 3.8) is 0 Å². The molecule has 1 aromatic carbocycles. The second-order valence-electron chi connectivity index (χ2n) is 6.53. The van der Waals surface area contributed by atoms with Crippen LogP contribution in [0.1, 0.15) is 69.2 Å². The Morgan fingerprint density at radius 1 is 1.29 bits per heavy atom. The van der Waals surface area contributed by atoms with Gasteiger partial charge in [0.05, 0.1) is 6.10 Å². The third kappa shape index (κ3) is 4.07. The fourth-order valence-electron chi connectivity index (χ4n) is 2.84. The summed E-state index contributed by atoms with van der Waals surface area (Å²) >= 11 is 0. The quantitative estimate of drug-likeness (QED) is 0.865. The summed E-state index contributed by atoms with van der Waals surface area (Å²) < 4.78 is 0. The van der Waals surface area contributed by atoms with E-state index in [0.29, 0.717) is 25.4 Å². The topological polar surface area (TPSA) is 40.5 Å². The monoisotopic (exact) mass is 289 g/mol. The fourth-order valence-corrected chi connectivity index (χ4v) is 2.84. The molecular weight excluding hydrogens is 262 g/mol. The first-order chi connectivity index (χ1) is 10.0. The molecule has 1 heterocycles. The molecule has 2 rings (SSSR count). The smallest absolute Gasteiger partial charge is 0.223 e. The van der Waals surface area contributed by atoms with E-state index in [0.717, 1.165) is 24.8 Å². The molecule has 1 aromatic rings. The van der Waals surface area contributed by atoms with E-state index in [4.69, 9.17) is 0 Å². The lowest BCUT2D eigenvalue weighted by Gasteiger charge is -2.16. The fraction of sp³-hybridized carbons (Fsp3) is 0.611. The largest absolute Gasteiger partial charge is 0.388 e. The highest BCUT2D eigenvalue weighted by Gasteiger charge is 2.24. The predicted molar refractivity (Wildman–Crippen MR) is 84.6 cm³/mol. The lowest BCUT2D eigenvalue weighted by atomic mass is 10.00. The van der Waals surface area contributed by atoms with Crippen molar-refractivity contribution in [3.05, 3.63) is 34.9 Å². The summed E-state index contributed by atoms with van der Waals surface area (Å²) in [6.07, 6.45) is 3.18. The van der Waals surface area contributed by atoms with Gasteiger partial charge in [0, 0.05) is 19.5 Å². The van der Waals surface area contributed by atoms with Gasteiger partial charge in [-0.05, 0) is 29.0 Å². The molecule has 0 fully saturated rings. The summed E-state index contributed by atoms with van der Waals surface area (Å²) in [6, 6.07) is 6.16. The number of nitrogens with zero attached hydrogens (tertiary/aromatic N) is 1. The molecule has 1 atom stereocenters. The highest BCUT2D eigenvalue weighted by molar-refractivity contribution is 5.77. The van der Waals surface area contributed by atoms with Crippen LogP contribution in [-0.2, 0) is 17.9 Å². The van der Waals surface area contributed by atoms with Crippen LogP contribution in [0.3, 0.4) is 0 Å². The lowest BCUT2D eigenvalue weighted by Crippen LogP contribution is -2.26. The van der Waals surface area contributed by atoms with Crippen molar-refractivity contribution in [1.29, 1.82) is 0 Å². The molecular formula is C18H27NO2. The number of unbranched alkanes of at least 4 members (excludes halogenated alkanes) is 1. The molecule has 1 aliphatic heterocycles. The predicted octanol–water partition coefficient (Wildman–Crippen LogP) is 3.80. The second kappa shape index (κ2) is 7.08. The Morgan fingerprint density at radius 3 is 2.67 bits per heavy atom. The van der Waals surface area contributed by atoms with Crippen molar-refractivity contribution in [3.8, 4) is 0 Å². The van der Waals surface area contributed by atoms with Gasteiger partial charge in [-0.15, -0.1) is 0 Å². The van der Waals surface area contributed by atoms with E-state index in [-0.39, 0.29) is 12.0 Å². The summed E-state index contributed by atoms with van der Waals surface area (Å²) in [5, 5.41) is 10.2. The number of aliphatic hydroxyl groups is 1. The molecule has 0 aromatic heterocycles. The maximum Gasteiger partial charge on any atom is 0.223 e. The van der Waals surface area contributed by atoms with Gasteiger partial charge in [0.15, 0.2) is 0 Å². The standard InChI is InChI=1S/C18H27NO2/c1-4-5-6-17(20)14-7-8-15-11-19(12-16(15)10-14)18(21)9-13(2)3/h7-8,10,13,17,20H,4-6,9,11-12H2,1-3H3. The first kappa shape index (κ1) is 16.0. The van der Waals surface area contributed by atoms with Crippen LogP contribution >= 0.6 is 0 Å². The molecule has 0 saturated heterocycles. The maximum absolute atomic E-state index is 12.2. The van der Waals surface area contributed by atoms with E-state index >= 15 is 0 Å². The zero-order valence-corrected chi connectivity index (χ0v) is 13.4. The molecule has 3 heteroatoms. The van der Waals surface area contributed by atoms with Crippen LogP contribution in [0.2, 0.25) is 0 Å². The van der Waals surface area contributed by atoms with Gasteiger partial charge in [0.1, 0.15) is 0 Å². The number of rotatable bonds is 6. The van der Waals surface area contributed by atoms with Crippen LogP contribution in [0.25, 0.3) is 0 Å². The average Bonchev–Trinajstić information content (AvgIpc) is 2.87. The molecule has 0 radical (unpaired) electrons. The molecule has 1 N–H and O–H groups in total. The van der Waals surface area contributed by atoms with E-state index in [1.54, 1.807) is 0 Å². The van der Waals surface area contributed by atoms with Crippen molar-refractivity contribution in [2.24, 2.45) is 5.92 Å². The lowest BCUT2D eigenvalue weighted by molar-refractivity contribution is -0.132. The number of carbonyl (C=O) groups excluding carboxylic acids is 1. The average molecular weight is 289 g/mol. The minimum atomic E-state index is -0.379. The van der Waals surface area contributed by atoms with E-state index in [1.807, 2.05) is 11.0 Å². The minimum Gasteiger partial charge on any atom is -0.388 e. The van der Waals surface area contributed by atoms with Gasteiger partial charge >= 0.3 is 0 Å². The molecule has 0 saturated carbocycles. The number of aliphatic hydroxyl groups excluding tert-OH is 1. The van der Waals surface area contributed by atoms with E-state index < -0.39 is 0 Å². The number of benzene rings is 1. The number of hydrogen-bond donors (Lipinski definition) is 1. The molecule has 1 aliphatic rings. The zero-order chi connectivity index (χ0) is 15.4. The van der Waals surface area contributed by atoms with E-state index in [2.05, 4.69) is 32.9 Å². The van der Waals surface area contributed by atoms with Gasteiger partial charge in [-0.25, -0.2) is 0 Å². The summed E-state index contributed by atoms with van der Waals surface area (Å²) in [5.41, 5.74) is 3.40. The van der Waals surface area contributed by atoms with Gasteiger partial charge in [-0.2, -0.15) is 0 Å². The van der Waals surface area contributed by atoms with Crippen LogP contribution in [0.15, 0.2) is 18.2 Å². The van der Waals surface area contributed by atoms with Gasteiger partial charge in [0.25, 0.3) is 0 Å². The Labute approximate surface area is 128 Å². The summed E-state index contributed by atoms with van der Waals surface area (Å²) in [5.74, 6) is 0.627. The number of amides is 1. The second-order valence-corrected chi connectivity index (χ2v) is 6.53. The Bertz CT molecular complexity index is 496. The molecule has 21 heavy (non-hydrogen) atoms. The molecule has 1 amide bonds. The number of hydrogen-bond acceptors (Lipinski definition) is 2. The van der Waals surface area contributed by atoms with E-state index in [9.17, 15) is 9.90 Å². The first-order valence-electron chi connectivity index (χ1n) is 8.08. The summed E-state index contributed by atoms with van der Waals surface area (Å²) in [6.45, 7) is 7.68. The van der Waals surface area contributed by atoms with Crippen LogP contribution in [-0.4, -0.2) is 15.9 Å². The van der Waals surface area contributed by atoms with Crippen molar-refractivity contribution < 1.29 is 9.90 Å². The minimum absolute atomic E-state index is 0.231. The third-order valence-electron chi connectivity index (χ3n) is 4.10. The molecule has 0 aliphatic carbocycles. The summed E-state index contributed by atoms with van der Waals surface area (Å²) in [4.78, 5) is 14.1. The van der Waals surface area contributed by atoms with Crippen molar-refractivity contribution >= 4 is 5.91 Å². The molecule has 0 bridgehead atoms. The SMILES string of the molecule is CCCCC(O)c1ccc2c(c1)CN(C(=O)CC(C)C)C2. The maximum atomic E-state index is 12.2. The molecule has 3 nitrogen and oxygen atoms in total. The molecule has 0 spiro atoms. The Kier molecular flexibility index (Phi) is 5.40.